The molecule has 0 aliphatic heterocycles. The van der Waals surface area contributed by atoms with E-state index in [0.29, 0.717) is 17.9 Å². The molecule has 106 valence electrons. The summed E-state index contributed by atoms with van der Waals surface area (Å²) in [4.78, 5) is 0. The van der Waals surface area contributed by atoms with Crippen molar-refractivity contribution < 1.29 is 17.7 Å². The van der Waals surface area contributed by atoms with Gasteiger partial charge in [-0.2, -0.15) is 0 Å². The third kappa shape index (κ3) is 3.56. The van der Waals surface area contributed by atoms with E-state index < -0.39 is 12.4 Å². The van der Waals surface area contributed by atoms with E-state index in [1.165, 1.54) is 6.07 Å². The van der Waals surface area contributed by atoms with Gasteiger partial charge in [0.15, 0.2) is 0 Å². The molecule has 5 heteroatoms. The van der Waals surface area contributed by atoms with Crippen LogP contribution in [0.2, 0.25) is 0 Å². The number of hydrogen-bond acceptors (Lipinski definition) is 1. The van der Waals surface area contributed by atoms with Crippen LogP contribution in [-0.2, 0) is 6.61 Å². The average molecular weight is 279 g/mol. The Morgan fingerprint density at radius 1 is 1.00 bits per heavy atom. The summed E-state index contributed by atoms with van der Waals surface area (Å²) in [6, 6.07) is 11.4. The zero-order chi connectivity index (χ0) is 14.8. The monoisotopic (exact) mass is 279 g/mol. The van der Waals surface area contributed by atoms with Gasteiger partial charge in [-0.1, -0.05) is 42.0 Å². The Kier molecular flexibility index (Phi) is 4.07. The zero-order valence-electron chi connectivity index (χ0n) is 11.4. The molecule has 0 amide bonds. The molecule has 0 aromatic heterocycles. The molecule has 0 fully saturated rings. The molecule has 0 bridgehead atoms. The normalized spacial score (nSPS) is 11.4. The van der Waals surface area contributed by atoms with E-state index in [9.17, 15) is 12.9 Å². The zero-order valence-corrected chi connectivity index (χ0v) is 11.4. The van der Waals surface area contributed by atoms with Crippen LogP contribution in [0.3, 0.4) is 0 Å². The number of aryl methyl sites for hydroxylation is 2. The summed E-state index contributed by atoms with van der Waals surface area (Å²) in [7, 11) is 0. The van der Waals surface area contributed by atoms with Gasteiger partial charge in [0.25, 0.3) is 0 Å². The number of hydrogen-bond donors (Lipinski definition) is 0. The second-order valence-electron chi connectivity index (χ2n) is 4.88. The highest BCUT2D eigenvalue weighted by Crippen LogP contribution is 2.20. The van der Waals surface area contributed by atoms with Crippen LogP contribution >= 0.6 is 0 Å². The van der Waals surface area contributed by atoms with Crippen LogP contribution in [0.4, 0.5) is 12.9 Å². The Labute approximate surface area is 116 Å². The first-order valence-corrected chi connectivity index (χ1v) is 6.35. The Hall–Kier alpha value is -1.91. The van der Waals surface area contributed by atoms with Crippen molar-refractivity contribution >= 4 is 12.4 Å². The van der Waals surface area contributed by atoms with Crippen molar-refractivity contribution in [3.63, 3.8) is 0 Å². The van der Waals surface area contributed by atoms with Gasteiger partial charge in [0.2, 0.25) is 0 Å². The Bertz CT molecular complexity index is 608. The number of halogens is 3. The lowest BCUT2D eigenvalue weighted by Gasteiger charge is -2.17. The highest BCUT2D eigenvalue weighted by atomic mass is 19.4. The second-order valence-corrected chi connectivity index (χ2v) is 4.88. The number of benzene rings is 2. The minimum atomic E-state index is -4.96. The molecule has 0 spiro atoms. The molecule has 0 N–H and O–H groups in total. The van der Waals surface area contributed by atoms with Gasteiger partial charge in [0, 0.05) is 0 Å². The molecule has 2 aromatic rings. The molecular weight excluding hydrogens is 264 g/mol. The first-order chi connectivity index (χ1) is 9.36. The maximum Gasteiger partial charge on any atom is 0.509 e. The quantitative estimate of drug-likeness (QED) is 0.770. The van der Waals surface area contributed by atoms with Crippen molar-refractivity contribution in [2.45, 2.75) is 20.5 Å². The lowest BCUT2D eigenvalue weighted by Crippen LogP contribution is -2.34. The first-order valence-electron chi connectivity index (χ1n) is 6.35. The van der Waals surface area contributed by atoms with Gasteiger partial charge in [0.1, 0.15) is 12.4 Å². The smallest absolute Gasteiger partial charge is 0.489 e. The van der Waals surface area contributed by atoms with E-state index in [4.69, 9.17) is 4.74 Å². The van der Waals surface area contributed by atoms with Crippen molar-refractivity contribution in [3.05, 3.63) is 59.2 Å². The van der Waals surface area contributed by atoms with Crippen LogP contribution in [0, 0.1) is 13.8 Å². The molecule has 0 saturated carbocycles. The Morgan fingerprint density at radius 2 is 1.75 bits per heavy atom. The molecular formula is C15H15BF3O-. The summed E-state index contributed by atoms with van der Waals surface area (Å²) < 4.78 is 43.4. The third-order valence-corrected chi connectivity index (χ3v) is 3.05. The largest absolute Gasteiger partial charge is 0.509 e. The number of rotatable bonds is 4. The maximum absolute atomic E-state index is 12.6. The molecule has 20 heavy (non-hydrogen) atoms. The van der Waals surface area contributed by atoms with E-state index in [2.05, 4.69) is 0 Å². The SMILES string of the molecule is Cc1cccc(COc2ccc([B-](F)(F)F)cc2C)c1. The van der Waals surface area contributed by atoms with Crippen molar-refractivity contribution in [2.24, 2.45) is 0 Å². The molecule has 0 aliphatic rings. The second kappa shape index (κ2) is 5.61. The topological polar surface area (TPSA) is 9.23 Å². The Morgan fingerprint density at radius 3 is 2.35 bits per heavy atom. The van der Waals surface area contributed by atoms with Gasteiger partial charge in [-0.25, -0.2) is 0 Å². The van der Waals surface area contributed by atoms with Crippen LogP contribution in [0.25, 0.3) is 0 Å². The fourth-order valence-electron chi connectivity index (χ4n) is 2.00. The van der Waals surface area contributed by atoms with Gasteiger partial charge < -0.3 is 17.7 Å². The maximum atomic E-state index is 12.6. The molecule has 0 unspecified atom stereocenters. The molecule has 0 heterocycles. The van der Waals surface area contributed by atoms with Gasteiger partial charge in [-0.3, -0.25) is 0 Å². The van der Waals surface area contributed by atoms with Crippen LogP contribution in [0.15, 0.2) is 42.5 Å². The molecule has 2 aromatic carbocycles. The average Bonchev–Trinajstić information content (AvgIpc) is 2.36. The van der Waals surface area contributed by atoms with Crippen LogP contribution in [0.5, 0.6) is 5.75 Å². The highest BCUT2D eigenvalue weighted by molar-refractivity contribution is 6.73. The molecule has 0 radical (unpaired) electrons. The minimum absolute atomic E-state index is 0.346. The predicted octanol–water partition coefficient (Wildman–Crippen LogP) is 3.94. The fourth-order valence-corrected chi connectivity index (χ4v) is 2.00. The summed E-state index contributed by atoms with van der Waals surface area (Å²) in [6.07, 6.45) is 0. The van der Waals surface area contributed by atoms with Crippen molar-refractivity contribution in [2.75, 3.05) is 0 Å². The summed E-state index contributed by atoms with van der Waals surface area (Å²) in [5, 5.41) is 0. The van der Waals surface area contributed by atoms with Gasteiger partial charge >= 0.3 is 6.98 Å². The summed E-state index contributed by atoms with van der Waals surface area (Å²) in [5.74, 6) is 0.482. The summed E-state index contributed by atoms with van der Waals surface area (Å²) >= 11 is 0. The van der Waals surface area contributed by atoms with Crippen LogP contribution in [-0.4, -0.2) is 6.98 Å². The molecule has 1 nitrogen and oxygen atoms in total. The fraction of sp³-hybridized carbons (Fsp3) is 0.200. The van der Waals surface area contributed by atoms with Gasteiger partial charge in [-0.15, -0.1) is 5.46 Å². The first kappa shape index (κ1) is 14.5. The van der Waals surface area contributed by atoms with Crippen molar-refractivity contribution in [1.82, 2.24) is 0 Å². The van der Waals surface area contributed by atoms with E-state index in [1.807, 2.05) is 31.2 Å². The van der Waals surface area contributed by atoms with Crippen LogP contribution < -0.4 is 10.2 Å². The van der Waals surface area contributed by atoms with Crippen molar-refractivity contribution in [1.29, 1.82) is 0 Å². The number of ether oxygens (including phenoxy) is 1. The molecule has 2 rings (SSSR count). The summed E-state index contributed by atoms with van der Waals surface area (Å²) in [5.41, 5.74) is 2.02. The minimum Gasteiger partial charge on any atom is -0.489 e. The van der Waals surface area contributed by atoms with E-state index >= 15 is 0 Å². The van der Waals surface area contributed by atoms with E-state index in [1.54, 1.807) is 6.92 Å². The third-order valence-electron chi connectivity index (χ3n) is 3.05. The molecule has 0 saturated heterocycles. The van der Waals surface area contributed by atoms with Gasteiger partial charge in [0.05, 0.1) is 0 Å². The molecule has 0 aliphatic carbocycles. The Balaban J connectivity index is 2.11. The van der Waals surface area contributed by atoms with Gasteiger partial charge in [-0.05, 0) is 31.0 Å². The van der Waals surface area contributed by atoms with E-state index in [-0.39, 0.29) is 0 Å². The highest BCUT2D eigenvalue weighted by Gasteiger charge is 2.25. The van der Waals surface area contributed by atoms with Crippen LogP contribution in [0.1, 0.15) is 16.7 Å². The predicted molar refractivity (Wildman–Crippen MR) is 75.4 cm³/mol. The lowest BCUT2D eigenvalue weighted by molar-refractivity contribution is 0.304. The molecule has 0 atom stereocenters. The summed E-state index contributed by atoms with van der Waals surface area (Å²) in [6.45, 7) is -1.01. The van der Waals surface area contributed by atoms with Crippen molar-refractivity contribution in [3.8, 4) is 5.75 Å². The lowest BCUT2D eigenvalue weighted by atomic mass is 9.79. The standard InChI is InChI=1S/C15H15BF3O/c1-11-4-3-5-13(8-11)10-20-15-7-6-14(9-12(15)2)16(17,18)19/h3-9H,10H2,1-2H3/q-1. The van der Waals surface area contributed by atoms with E-state index in [0.717, 1.165) is 23.3 Å².